The van der Waals surface area contributed by atoms with Crippen LogP contribution < -0.4 is 10.9 Å². The molecule has 22 heavy (non-hydrogen) atoms. The maximum absolute atomic E-state index is 12.0. The van der Waals surface area contributed by atoms with Gasteiger partial charge in [-0.15, -0.1) is 0 Å². The number of hydrogen-bond acceptors (Lipinski definition) is 3. The van der Waals surface area contributed by atoms with E-state index in [-0.39, 0.29) is 12.3 Å². The number of benzene rings is 1. The Kier molecular flexibility index (Phi) is 3.85. The third-order valence-electron chi connectivity index (χ3n) is 4.19. The maximum Gasteiger partial charge on any atom is 0.270 e. The maximum atomic E-state index is 12.0. The number of carbonyl (C=O) groups is 2. The van der Waals surface area contributed by atoms with Gasteiger partial charge in [0.1, 0.15) is 5.60 Å². The highest BCUT2D eigenvalue weighted by Gasteiger charge is 2.38. The normalized spacial score (nSPS) is 16.6. The molecule has 0 saturated heterocycles. The Morgan fingerprint density at radius 2 is 1.91 bits per heavy atom. The topological polar surface area (TPSA) is 94.2 Å². The largest absolute Gasteiger partial charge is 0.380 e. The lowest BCUT2D eigenvalue weighted by Crippen LogP contribution is -2.52. The summed E-state index contributed by atoms with van der Waals surface area (Å²) in [7, 11) is 0. The molecule has 1 heterocycles. The zero-order valence-corrected chi connectivity index (χ0v) is 12.2. The Hall–Kier alpha value is -2.34. The molecule has 1 aliphatic carbocycles. The highest BCUT2D eigenvalue weighted by atomic mass is 16.3. The quantitative estimate of drug-likeness (QED) is 0.641. The minimum Gasteiger partial charge on any atom is -0.380 e. The van der Waals surface area contributed by atoms with Gasteiger partial charge in [0, 0.05) is 17.1 Å². The highest BCUT2D eigenvalue weighted by Crippen LogP contribution is 2.29. The third-order valence-corrected chi connectivity index (χ3v) is 4.19. The summed E-state index contributed by atoms with van der Waals surface area (Å²) in [6.45, 7) is 0. The number of hydrogen-bond donors (Lipinski definition) is 4. The van der Waals surface area contributed by atoms with Gasteiger partial charge < -0.3 is 10.1 Å². The van der Waals surface area contributed by atoms with Gasteiger partial charge in [-0.2, -0.15) is 0 Å². The van der Waals surface area contributed by atoms with Gasteiger partial charge in [0.2, 0.25) is 5.91 Å². The second-order valence-electron chi connectivity index (χ2n) is 5.78. The molecule has 0 radical (unpaired) electrons. The molecule has 0 atom stereocenters. The van der Waals surface area contributed by atoms with Crippen LogP contribution in [0.15, 0.2) is 30.5 Å². The number of amides is 2. The molecule has 6 heteroatoms. The van der Waals surface area contributed by atoms with Gasteiger partial charge in [-0.1, -0.05) is 18.2 Å². The van der Waals surface area contributed by atoms with Crippen LogP contribution in [0.4, 0.5) is 0 Å². The number of carbonyl (C=O) groups excluding carboxylic acids is 2. The molecule has 1 saturated carbocycles. The van der Waals surface area contributed by atoms with Crippen molar-refractivity contribution in [2.45, 2.75) is 37.7 Å². The minimum absolute atomic E-state index is 0.155. The minimum atomic E-state index is -1.34. The first kappa shape index (κ1) is 14.6. The summed E-state index contributed by atoms with van der Waals surface area (Å²) in [6, 6.07) is 7.71. The van der Waals surface area contributed by atoms with E-state index in [1.807, 2.05) is 24.3 Å². The van der Waals surface area contributed by atoms with Gasteiger partial charge in [0.15, 0.2) is 0 Å². The molecule has 1 aromatic heterocycles. The fraction of sp³-hybridized carbons (Fsp3) is 0.375. The lowest BCUT2D eigenvalue weighted by atomic mass is 10.0. The van der Waals surface area contributed by atoms with E-state index in [4.69, 9.17) is 0 Å². The van der Waals surface area contributed by atoms with Crippen LogP contribution >= 0.6 is 0 Å². The molecule has 0 aliphatic heterocycles. The summed E-state index contributed by atoms with van der Waals surface area (Å²) in [5.41, 5.74) is 5.19. The molecule has 0 spiro atoms. The van der Waals surface area contributed by atoms with Gasteiger partial charge in [-0.05, 0) is 37.3 Å². The number of fused-ring (bicyclic) bond motifs is 1. The van der Waals surface area contributed by atoms with Gasteiger partial charge in [0.25, 0.3) is 5.91 Å². The molecule has 1 aliphatic rings. The van der Waals surface area contributed by atoms with E-state index in [2.05, 4.69) is 15.8 Å². The summed E-state index contributed by atoms with van der Waals surface area (Å²) in [6.07, 6.45) is 4.48. The Morgan fingerprint density at radius 3 is 2.68 bits per heavy atom. The molecule has 1 fully saturated rings. The van der Waals surface area contributed by atoms with Crippen molar-refractivity contribution in [1.29, 1.82) is 0 Å². The van der Waals surface area contributed by atoms with Gasteiger partial charge in [-0.25, -0.2) is 0 Å². The lowest BCUT2D eigenvalue weighted by molar-refractivity contribution is -0.142. The van der Waals surface area contributed by atoms with Gasteiger partial charge in [-0.3, -0.25) is 20.4 Å². The second-order valence-corrected chi connectivity index (χ2v) is 5.78. The number of H-pyrrole nitrogens is 1. The number of rotatable bonds is 3. The first-order valence-electron chi connectivity index (χ1n) is 7.45. The van der Waals surface area contributed by atoms with E-state index < -0.39 is 11.5 Å². The Balaban J connectivity index is 1.58. The Bertz CT molecular complexity index is 701. The number of para-hydroxylation sites is 1. The van der Waals surface area contributed by atoms with Gasteiger partial charge in [0.05, 0.1) is 6.42 Å². The van der Waals surface area contributed by atoms with Crippen molar-refractivity contribution < 1.29 is 14.7 Å². The number of hydrazine groups is 1. The van der Waals surface area contributed by atoms with Crippen molar-refractivity contribution in [1.82, 2.24) is 15.8 Å². The van der Waals surface area contributed by atoms with Crippen LogP contribution in [0.1, 0.15) is 31.2 Å². The van der Waals surface area contributed by atoms with E-state index >= 15 is 0 Å². The SMILES string of the molecule is O=C(Cc1c[nH]c2ccccc12)NNC(=O)C1(O)CCCC1. The molecule has 2 amide bonds. The van der Waals surface area contributed by atoms with Crippen molar-refractivity contribution in [3.63, 3.8) is 0 Å². The Labute approximate surface area is 127 Å². The first-order valence-corrected chi connectivity index (χ1v) is 7.45. The predicted octanol–water partition coefficient (Wildman–Crippen LogP) is 1.16. The van der Waals surface area contributed by atoms with E-state index in [1.165, 1.54) is 0 Å². The second kappa shape index (κ2) is 5.81. The summed E-state index contributed by atoms with van der Waals surface area (Å²) in [4.78, 5) is 27.0. The van der Waals surface area contributed by atoms with Crippen LogP contribution in [-0.4, -0.2) is 27.5 Å². The Morgan fingerprint density at radius 1 is 1.18 bits per heavy atom. The summed E-state index contributed by atoms with van der Waals surface area (Å²) < 4.78 is 0. The molecule has 116 valence electrons. The van der Waals surface area contributed by atoms with Crippen LogP contribution in [-0.2, 0) is 16.0 Å². The van der Waals surface area contributed by atoms with Crippen molar-refractivity contribution >= 4 is 22.7 Å². The number of aliphatic hydroxyl groups is 1. The first-order chi connectivity index (χ1) is 10.6. The smallest absolute Gasteiger partial charge is 0.270 e. The average molecular weight is 301 g/mol. The molecule has 1 aromatic carbocycles. The average Bonchev–Trinajstić information content (AvgIpc) is 3.13. The monoisotopic (exact) mass is 301 g/mol. The molecule has 4 N–H and O–H groups in total. The van der Waals surface area contributed by atoms with Crippen LogP contribution in [0.2, 0.25) is 0 Å². The van der Waals surface area contributed by atoms with Gasteiger partial charge >= 0.3 is 0 Å². The summed E-state index contributed by atoms with van der Waals surface area (Å²) in [5.74, 6) is -0.850. The molecular weight excluding hydrogens is 282 g/mol. The number of nitrogens with one attached hydrogen (secondary N) is 3. The van der Waals surface area contributed by atoms with Crippen molar-refractivity contribution in [3.8, 4) is 0 Å². The van der Waals surface area contributed by atoms with E-state index in [0.717, 1.165) is 29.3 Å². The summed E-state index contributed by atoms with van der Waals surface area (Å²) >= 11 is 0. The van der Waals surface area contributed by atoms with Crippen molar-refractivity contribution in [2.75, 3.05) is 0 Å². The lowest BCUT2D eigenvalue weighted by Gasteiger charge is -2.20. The standard InChI is InChI=1S/C16H19N3O3/c20-14(18-19-15(21)16(22)7-3-4-8-16)9-11-10-17-13-6-2-1-5-12(11)13/h1-2,5-6,10,17,22H,3-4,7-9H2,(H,18,20)(H,19,21). The zero-order chi connectivity index (χ0) is 15.6. The predicted molar refractivity (Wildman–Crippen MR) is 81.7 cm³/mol. The van der Waals surface area contributed by atoms with Crippen LogP contribution in [0.25, 0.3) is 10.9 Å². The highest BCUT2D eigenvalue weighted by molar-refractivity contribution is 5.91. The molecule has 3 rings (SSSR count). The third kappa shape index (κ3) is 2.82. The molecule has 2 aromatic rings. The molecule has 0 bridgehead atoms. The van der Waals surface area contributed by atoms with E-state index in [0.29, 0.717) is 12.8 Å². The van der Waals surface area contributed by atoms with E-state index in [9.17, 15) is 14.7 Å². The fourth-order valence-corrected chi connectivity index (χ4v) is 2.92. The number of aromatic nitrogens is 1. The van der Waals surface area contributed by atoms with Crippen molar-refractivity contribution in [2.24, 2.45) is 0 Å². The molecular formula is C16H19N3O3. The number of aromatic amines is 1. The van der Waals surface area contributed by atoms with Crippen molar-refractivity contribution in [3.05, 3.63) is 36.0 Å². The van der Waals surface area contributed by atoms with Crippen LogP contribution in [0, 0.1) is 0 Å². The zero-order valence-electron chi connectivity index (χ0n) is 12.2. The fourth-order valence-electron chi connectivity index (χ4n) is 2.92. The summed E-state index contributed by atoms with van der Waals surface area (Å²) in [5, 5.41) is 11.1. The van der Waals surface area contributed by atoms with Crippen LogP contribution in [0.3, 0.4) is 0 Å². The van der Waals surface area contributed by atoms with E-state index in [1.54, 1.807) is 6.20 Å². The molecule has 6 nitrogen and oxygen atoms in total. The van der Waals surface area contributed by atoms with Crippen LogP contribution in [0.5, 0.6) is 0 Å². The molecule has 0 unspecified atom stereocenters.